The van der Waals surface area contributed by atoms with Crippen molar-refractivity contribution in [2.24, 2.45) is 0 Å². The molecule has 2 heterocycles. The van der Waals surface area contributed by atoms with Crippen LogP contribution in [0.2, 0.25) is 0 Å². The number of carbonyl (C=O) groups is 1. The van der Waals surface area contributed by atoms with E-state index in [-0.39, 0.29) is 5.97 Å². The zero-order valence-corrected chi connectivity index (χ0v) is 11.0. The van der Waals surface area contributed by atoms with Gasteiger partial charge in [0.25, 0.3) is 0 Å². The molecule has 0 fully saturated rings. The normalized spacial score (nSPS) is 10.4. The molecule has 0 radical (unpaired) electrons. The third-order valence-corrected chi connectivity index (χ3v) is 3.53. The molecule has 0 spiro atoms. The molecule has 2 aromatic rings. The number of hydrogen-bond acceptors (Lipinski definition) is 4. The maximum atomic E-state index is 11.9. The molecule has 2 aromatic heterocycles. The number of thiophene rings is 1. The van der Waals surface area contributed by atoms with Gasteiger partial charge in [0.15, 0.2) is 0 Å². The Morgan fingerprint density at radius 1 is 1.61 bits per heavy atom. The Kier molecular flexibility index (Phi) is 4.00. The Labute approximate surface area is 109 Å². The molecule has 0 saturated heterocycles. The van der Waals surface area contributed by atoms with Crippen molar-refractivity contribution in [3.8, 4) is 6.07 Å². The molecule has 2 rings (SSSR count). The van der Waals surface area contributed by atoms with Crippen LogP contribution in [0.4, 0.5) is 0 Å². The van der Waals surface area contributed by atoms with Crippen LogP contribution < -0.4 is 0 Å². The van der Waals surface area contributed by atoms with Gasteiger partial charge in [-0.1, -0.05) is 0 Å². The topological polar surface area (TPSA) is 55.0 Å². The number of aromatic nitrogens is 1. The van der Waals surface area contributed by atoms with Crippen molar-refractivity contribution in [3.63, 3.8) is 0 Å². The van der Waals surface area contributed by atoms with Gasteiger partial charge in [-0.3, -0.25) is 0 Å². The van der Waals surface area contributed by atoms with Crippen molar-refractivity contribution in [2.45, 2.75) is 26.3 Å². The molecular weight excluding hydrogens is 248 g/mol. The largest absolute Gasteiger partial charge is 0.461 e. The fourth-order valence-electron chi connectivity index (χ4n) is 1.91. The molecule has 0 unspecified atom stereocenters. The first kappa shape index (κ1) is 12.7. The number of esters is 1. The zero-order valence-electron chi connectivity index (χ0n) is 10.2. The van der Waals surface area contributed by atoms with E-state index in [4.69, 9.17) is 10.00 Å². The van der Waals surface area contributed by atoms with E-state index in [1.165, 1.54) is 0 Å². The lowest BCUT2D eigenvalue weighted by molar-refractivity contribution is 0.0514. The van der Waals surface area contributed by atoms with Crippen molar-refractivity contribution in [1.82, 2.24) is 4.57 Å². The molecule has 0 aliphatic heterocycles. The summed E-state index contributed by atoms with van der Waals surface area (Å²) in [7, 11) is 0. The van der Waals surface area contributed by atoms with E-state index >= 15 is 0 Å². The number of carbonyl (C=O) groups excluding carboxylic acids is 1. The summed E-state index contributed by atoms with van der Waals surface area (Å²) in [5.41, 5.74) is 1.62. The second kappa shape index (κ2) is 5.69. The van der Waals surface area contributed by atoms with E-state index in [1.807, 2.05) is 22.1 Å². The highest BCUT2D eigenvalue weighted by atomic mass is 32.1. The number of fused-ring (bicyclic) bond motifs is 1. The Bertz CT molecular complexity index is 592. The number of aryl methyl sites for hydroxylation is 1. The molecule has 0 bridgehead atoms. The summed E-state index contributed by atoms with van der Waals surface area (Å²) in [5, 5.41) is 10.6. The summed E-state index contributed by atoms with van der Waals surface area (Å²) in [5.74, 6) is -0.294. The number of hydrogen-bond donors (Lipinski definition) is 0. The maximum Gasteiger partial charge on any atom is 0.355 e. The molecule has 0 aromatic carbocycles. The van der Waals surface area contributed by atoms with Crippen LogP contribution in [-0.4, -0.2) is 17.1 Å². The lowest BCUT2D eigenvalue weighted by Gasteiger charge is -2.08. The van der Waals surface area contributed by atoms with Crippen molar-refractivity contribution in [3.05, 3.63) is 23.2 Å². The van der Waals surface area contributed by atoms with Crippen molar-refractivity contribution < 1.29 is 9.53 Å². The molecule has 4 nitrogen and oxygen atoms in total. The molecule has 0 aliphatic carbocycles. The maximum absolute atomic E-state index is 11.9. The van der Waals surface area contributed by atoms with Gasteiger partial charge in [0.1, 0.15) is 5.69 Å². The number of nitriles is 1. The van der Waals surface area contributed by atoms with Crippen molar-refractivity contribution in [2.75, 3.05) is 6.61 Å². The summed E-state index contributed by atoms with van der Waals surface area (Å²) >= 11 is 1.60. The van der Waals surface area contributed by atoms with E-state index < -0.39 is 0 Å². The summed E-state index contributed by atoms with van der Waals surface area (Å²) < 4.78 is 8.08. The average molecular weight is 262 g/mol. The second-order valence-electron chi connectivity index (χ2n) is 3.83. The van der Waals surface area contributed by atoms with Crippen LogP contribution in [0.3, 0.4) is 0 Å². The summed E-state index contributed by atoms with van der Waals surface area (Å²) in [6.07, 6.45) is 1.23. The van der Waals surface area contributed by atoms with E-state index in [2.05, 4.69) is 6.07 Å². The number of rotatable bonds is 5. The van der Waals surface area contributed by atoms with Gasteiger partial charge in [0.2, 0.25) is 0 Å². The van der Waals surface area contributed by atoms with Gasteiger partial charge in [-0.05, 0) is 30.9 Å². The molecule has 0 amide bonds. The van der Waals surface area contributed by atoms with Crippen LogP contribution in [0.1, 0.15) is 30.3 Å². The highest BCUT2D eigenvalue weighted by Crippen LogP contribution is 2.26. The van der Waals surface area contributed by atoms with Gasteiger partial charge in [-0.15, -0.1) is 11.3 Å². The van der Waals surface area contributed by atoms with E-state index in [0.29, 0.717) is 25.3 Å². The summed E-state index contributed by atoms with van der Waals surface area (Å²) in [6.45, 7) is 2.83. The lowest BCUT2D eigenvalue weighted by Crippen LogP contribution is -2.12. The molecule has 0 aliphatic rings. The van der Waals surface area contributed by atoms with Gasteiger partial charge in [0.05, 0.1) is 22.9 Å². The van der Waals surface area contributed by atoms with Gasteiger partial charge in [-0.2, -0.15) is 5.26 Å². The standard InChI is InChI=1S/C13H14N2O2S/c1-2-17-13(16)11-9-12-10(5-8-18-12)15(11)7-4-3-6-14/h5,8-9H,2-4,7H2,1H3. The van der Waals surface area contributed by atoms with Crippen LogP contribution in [0.5, 0.6) is 0 Å². The van der Waals surface area contributed by atoms with Crippen LogP contribution in [0, 0.1) is 11.3 Å². The zero-order chi connectivity index (χ0) is 13.0. The summed E-state index contributed by atoms with van der Waals surface area (Å²) in [6, 6.07) is 5.98. The third-order valence-electron chi connectivity index (χ3n) is 2.68. The first-order valence-corrected chi connectivity index (χ1v) is 6.76. The highest BCUT2D eigenvalue weighted by Gasteiger charge is 2.16. The molecular formula is C13H14N2O2S. The minimum atomic E-state index is -0.294. The van der Waals surface area contributed by atoms with Crippen LogP contribution in [-0.2, 0) is 11.3 Å². The van der Waals surface area contributed by atoms with Gasteiger partial charge in [-0.25, -0.2) is 4.79 Å². The Morgan fingerprint density at radius 3 is 3.17 bits per heavy atom. The monoisotopic (exact) mass is 262 g/mol. The van der Waals surface area contributed by atoms with Gasteiger partial charge >= 0.3 is 5.97 Å². The number of unbranched alkanes of at least 4 members (excludes halogenated alkanes) is 1. The number of ether oxygens (including phenoxy) is 1. The van der Waals surface area contributed by atoms with Crippen molar-refractivity contribution in [1.29, 1.82) is 5.26 Å². The van der Waals surface area contributed by atoms with E-state index in [9.17, 15) is 4.79 Å². The molecule has 5 heteroatoms. The first-order chi connectivity index (χ1) is 8.77. The van der Waals surface area contributed by atoms with E-state index in [0.717, 1.165) is 16.6 Å². The quantitative estimate of drug-likeness (QED) is 0.614. The Hall–Kier alpha value is -1.80. The van der Waals surface area contributed by atoms with Crippen LogP contribution >= 0.6 is 11.3 Å². The van der Waals surface area contributed by atoms with Gasteiger partial charge < -0.3 is 9.30 Å². The third kappa shape index (κ3) is 2.39. The minimum Gasteiger partial charge on any atom is -0.461 e. The fourth-order valence-corrected chi connectivity index (χ4v) is 2.73. The molecule has 94 valence electrons. The van der Waals surface area contributed by atoms with Crippen molar-refractivity contribution >= 4 is 27.5 Å². The Morgan fingerprint density at radius 2 is 2.44 bits per heavy atom. The predicted molar refractivity (Wildman–Crippen MR) is 70.6 cm³/mol. The second-order valence-corrected chi connectivity index (χ2v) is 4.78. The van der Waals surface area contributed by atoms with Crippen LogP contribution in [0.25, 0.3) is 10.2 Å². The lowest BCUT2D eigenvalue weighted by atomic mass is 10.3. The van der Waals surface area contributed by atoms with Crippen LogP contribution in [0.15, 0.2) is 17.5 Å². The molecule has 0 atom stereocenters. The smallest absolute Gasteiger partial charge is 0.355 e. The molecule has 18 heavy (non-hydrogen) atoms. The highest BCUT2D eigenvalue weighted by molar-refractivity contribution is 7.17. The average Bonchev–Trinajstić information content (AvgIpc) is 2.91. The number of nitrogens with zero attached hydrogens (tertiary/aromatic N) is 2. The predicted octanol–water partition coefficient (Wildman–Crippen LogP) is 3.18. The summed E-state index contributed by atoms with van der Waals surface area (Å²) in [4.78, 5) is 11.9. The van der Waals surface area contributed by atoms with E-state index in [1.54, 1.807) is 18.3 Å². The molecule has 0 saturated carbocycles. The SMILES string of the molecule is CCOC(=O)c1cc2sccc2n1CCCC#N. The Balaban J connectivity index is 2.32. The first-order valence-electron chi connectivity index (χ1n) is 5.88. The minimum absolute atomic E-state index is 0.294. The molecule has 0 N–H and O–H groups in total. The van der Waals surface area contributed by atoms with Gasteiger partial charge in [0, 0.05) is 13.0 Å². The fraction of sp³-hybridized carbons (Fsp3) is 0.385.